The van der Waals surface area contributed by atoms with Crippen molar-refractivity contribution in [3.05, 3.63) is 53.2 Å². The number of pyridine rings is 1. The Hall–Kier alpha value is -2.86. The first kappa shape index (κ1) is 19.5. The number of aromatic nitrogens is 2. The van der Waals surface area contributed by atoms with Gasteiger partial charge in [-0.2, -0.15) is 0 Å². The van der Waals surface area contributed by atoms with E-state index in [2.05, 4.69) is 28.8 Å². The summed E-state index contributed by atoms with van der Waals surface area (Å²) >= 11 is 0. The van der Waals surface area contributed by atoms with Crippen LogP contribution in [0.25, 0.3) is 11.0 Å². The summed E-state index contributed by atoms with van der Waals surface area (Å²) in [6, 6.07) is 9.82. The van der Waals surface area contributed by atoms with Crippen LogP contribution in [0.1, 0.15) is 35.3 Å². The van der Waals surface area contributed by atoms with E-state index in [1.807, 2.05) is 56.7 Å². The zero-order valence-electron chi connectivity index (χ0n) is 16.2. The van der Waals surface area contributed by atoms with E-state index in [-0.39, 0.29) is 5.91 Å². The first-order valence-electron chi connectivity index (χ1n) is 8.64. The molecule has 6 heteroatoms. The SMILES string of the molecule is CC.CONC(=O)c1c(Nc2ccc(C)cc2C)n(C)c2ncccc12. The molecule has 0 radical (unpaired) electrons. The van der Waals surface area contributed by atoms with Crippen molar-refractivity contribution in [2.24, 2.45) is 7.05 Å². The highest BCUT2D eigenvalue weighted by Gasteiger charge is 2.22. The average molecular weight is 354 g/mol. The van der Waals surface area contributed by atoms with Crippen molar-refractivity contribution in [3.8, 4) is 0 Å². The molecule has 0 bridgehead atoms. The third-order valence-electron chi connectivity index (χ3n) is 4.00. The number of hydrogen-bond donors (Lipinski definition) is 2. The molecule has 26 heavy (non-hydrogen) atoms. The van der Waals surface area contributed by atoms with E-state index in [1.165, 1.54) is 12.7 Å². The molecule has 138 valence electrons. The Morgan fingerprint density at radius 2 is 1.92 bits per heavy atom. The topological polar surface area (TPSA) is 68.2 Å². The number of aryl methyl sites for hydroxylation is 3. The van der Waals surface area contributed by atoms with Gasteiger partial charge < -0.3 is 9.88 Å². The Bertz CT molecular complexity index is 916. The largest absolute Gasteiger partial charge is 0.341 e. The van der Waals surface area contributed by atoms with Crippen LogP contribution in [0.5, 0.6) is 0 Å². The summed E-state index contributed by atoms with van der Waals surface area (Å²) < 4.78 is 1.87. The lowest BCUT2D eigenvalue weighted by molar-refractivity contribution is 0.0540. The van der Waals surface area contributed by atoms with Crippen molar-refractivity contribution in [2.75, 3.05) is 12.4 Å². The summed E-state index contributed by atoms with van der Waals surface area (Å²) in [5, 5.41) is 4.14. The molecule has 2 N–H and O–H groups in total. The molecule has 0 saturated carbocycles. The summed E-state index contributed by atoms with van der Waals surface area (Å²) in [5.74, 6) is 0.355. The molecule has 2 aromatic heterocycles. The second kappa shape index (κ2) is 8.49. The molecule has 0 saturated heterocycles. The number of hydrogen-bond acceptors (Lipinski definition) is 4. The van der Waals surface area contributed by atoms with Gasteiger partial charge in [-0.15, -0.1) is 0 Å². The van der Waals surface area contributed by atoms with Gasteiger partial charge in [0.2, 0.25) is 0 Å². The molecule has 6 nitrogen and oxygen atoms in total. The Labute approximate surface area is 154 Å². The lowest BCUT2D eigenvalue weighted by atomic mass is 10.1. The summed E-state index contributed by atoms with van der Waals surface area (Å²) in [6.45, 7) is 8.08. The molecule has 1 aromatic carbocycles. The van der Waals surface area contributed by atoms with Gasteiger partial charge in [0.25, 0.3) is 5.91 Å². The van der Waals surface area contributed by atoms with E-state index in [1.54, 1.807) is 6.20 Å². The molecule has 1 amide bonds. The van der Waals surface area contributed by atoms with Crippen LogP contribution in [-0.2, 0) is 11.9 Å². The number of carbonyl (C=O) groups is 1. The normalized spacial score (nSPS) is 10.2. The molecule has 0 fully saturated rings. The minimum atomic E-state index is -0.316. The number of fused-ring (bicyclic) bond motifs is 1. The van der Waals surface area contributed by atoms with Gasteiger partial charge in [0.1, 0.15) is 11.5 Å². The van der Waals surface area contributed by atoms with E-state index in [9.17, 15) is 4.79 Å². The van der Waals surface area contributed by atoms with E-state index in [0.717, 1.165) is 22.3 Å². The first-order valence-corrected chi connectivity index (χ1v) is 8.64. The van der Waals surface area contributed by atoms with Crippen LogP contribution in [0.3, 0.4) is 0 Å². The summed E-state index contributed by atoms with van der Waals surface area (Å²) in [7, 11) is 3.29. The summed E-state index contributed by atoms with van der Waals surface area (Å²) in [6.07, 6.45) is 1.71. The number of rotatable bonds is 4. The van der Waals surface area contributed by atoms with Crippen LogP contribution in [0.4, 0.5) is 11.5 Å². The molecular formula is C20H26N4O2. The second-order valence-electron chi connectivity index (χ2n) is 5.74. The van der Waals surface area contributed by atoms with Crippen LogP contribution in [0.2, 0.25) is 0 Å². The lowest BCUT2D eigenvalue weighted by Gasteiger charge is -2.13. The maximum Gasteiger partial charge on any atom is 0.279 e. The molecular weight excluding hydrogens is 328 g/mol. The van der Waals surface area contributed by atoms with Crippen LogP contribution in [0, 0.1) is 13.8 Å². The van der Waals surface area contributed by atoms with Gasteiger partial charge in [0.15, 0.2) is 0 Å². The number of amides is 1. The fourth-order valence-corrected chi connectivity index (χ4v) is 2.86. The van der Waals surface area contributed by atoms with Crippen LogP contribution in [0.15, 0.2) is 36.5 Å². The maximum absolute atomic E-state index is 12.5. The predicted octanol–water partition coefficient (Wildman–Crippen LogP) is 4.25. The lowest BCUT2D eigenvalue weighted by Crippen LogP contribution is -2.22. The second-order valence-corrected chi connectivity index (χ2v) is 5.74. The highest BCUT2D eigenvalue weighted by Crippen LogP contribution is 2.31. The Balaban J connectivity index is 0.00000117. The van der Waals surface area contributed by atoms with Gasteiger partial charge in [0.05, 0.1) is 12.7 Å². The van der Waals surface area contributed by atoms with Crippen LogP contribution < -0.4 is 10.8 Å². The number of carbonyl (C=O) groups excluding carboxylic acids is 1. The van der Waals surface area contributed by atoms with Gasteiger partial charge in [-0.1, -0.05) is 31.5 Å². The number of nitrogens with one attached hydrogen (secondary N) is 2. The monoisotopic (exact) mass is 354 g/mol. The number of benzene rings is 1. The third-order valence-corrected chi connectivity index (χ3v) is 4.00. The van der Waals surface area contributed by atoms with E-state index >= 15 is 0 Å². The predicted molar refractivity (Wildman–Crippen MR) is 106 cm³/mol. The quantitative estimate of drug-likeness (QED) is 0.687. The minimum Gasteiger partial charge on any atom is -0.341 e. The van der Waals surface area contributed by atoms with E-state index in [4.69, 9.17) is 4.84 Å². The molecule has 0 unspecified atom stereocenters. The van der Waals surface area contributed by atoms with Crippen molar-refractivity contribution in [3.63, 3.8) is 0 Å². The van der Waals surface area contributed by atoms with Gasteiger partial charge in [-0.3, -0.25) is 9.63 Å². The fourth-order valence-electron chi connectivity index (χ4n) is 2.86. The highest BCUT2D eigenvalue weighted by molar-refractivity contribution is 6.11. The maximum atomic E-state index is 12.5. The van der Waals surface area contributed by atoms with Crippen LogP contribution >= 0.6 is 0 Å². The summed E-state index contributed by atoms with van der Waals surface area (Å²) in [5.41, 5.74) is 6.86. The number of nitrogens with zero attached hydrogens (tertiary/aromatic N) is 2. The third kappa shape index (κ3) is 3.70. The zero-order chi connectivity index (χ0) is 19.3. The number of anilines is 2. The standard InChI is InChI=1S/C18H20N4O2.C2H6/c1-11-7-8-14(12(2)10-11)20-17-15(18(23)21-24-4)13-6-5-9-19-16(13)22(17)3;1-2/h5-10,20H,1-4H3,(H,21,23);1-2H3. The number of hydroxylamine groups is 1. The Kier molecular flexibility index (Phi) is 6.36. The van der Waals surface area contributed by atoms with Gasteiger partial charge in [0, 0.05) is 24.3 Å². The van der Waals surface area contributed by atoms with Crippen molar-refractivity contribution >= 4 is 28.4 Å². The Morgan fingerprint density at radius 3 is 2.58 bits per heavy atom. The van der Waals surface area contributed by atoms with Crippen molar-refractivity contribution in [2.45, 2.75) is 27.7 Å². The highest BCUT2D eigenvalue weighted by atomic mass is 16.6. The van der Waals surface area contributed by atoms with Gasteiger partial charge in [-0.05, 0) is 37.6 Å². The molecule has 0 aliphatic rings. The molecule has 0 spiro atoms. The molecule has 3 aromatic rings. The summed E-state index contributed by atoms with van der Waals surface area (Å²) in [4.78, 5) is 21.7. The van der Waals surface area contributed by atoms with E-state index in [0.29, 0.717) is 11.4 Å². The molecule has 0 atom stereocenters. The average Bonchev–Trinajstić information content (AvgIpc) is 2.92. The van der Waals surface area contributed by atoms with Crippen molar-refractivity contribution in [1.82, 2.24) is 15.0 Å². The van der Waals surface area contributed by atoms with Crippen LogP contribution in [-0.4, -0.2) is 22.6 Å². The van der Waals surface area contributed by atoms with Gasteiger partial charge >= 0.3 is 0 Å². The van der Waals surface area contributed by atoms with Crippen molar-refractivity contribution in [1.29, 1.82) is 0 Å². The molecule has 3 rings (SSSR count). The van der Waals surface area contributed by atoms with Crippen molar-refractivity contribution < 1.29 is 9.63 Å². The minimum absolute atomic E-state index is 0.316. The molecule has 2 heterocycles. The zero-order valence-corrected chi connectivity index (χ0v) is 16.2. The smallest absolute Gasteiger partial charge is 0.279 e. The molecule has 0 aliphatic heterocycles. The fraction of sp³-hybridized carbons (Fsp3) is 0.300. The first-order chi connectivity index (χ1) is 12.5. The Morgan fingerprint density at radius 1 is 1.19 bits per heavy atom. The van der Waals surface area contributed by atoms with Gasteiger partial charge in [-0.25, -0.2) is 10.5 Å². The molecule has 0 aliphatic carbocycles. The van der Waals surface area contributed by atoms with E-state index < -0.39 is 0 Å².